The van der Waals surface area contributed by atoms with Gasteiger partial charge in [-0.1, -0.05) is 6.07 Å². The van der Waals surface area contributed by atoms with Crippen molar-refractivity contribution in [3.05, 3.63) is 23.3 Å². The van der Waals surface area contributed by atoms with E-state index in [0.29, 0.717) is 47.8 Å². The predicted octanol–water partition coefficient (Wildman–Crippen LogP) is 1.73. The van der Waals surface area contributed by atoms with Gasteiger partial charge in [-0.05, 0) is 50.8 Å². The van der Waals surface area contributed by atoms with Crippen LogP contribution in [-0.2, 0) is 14.8 Å². The molecule has 0 unspecified atom stereocenters. The molecule has 1 saturated heterocycles. The zero-order valence-electron chi connectivity index (χ0n) is 12.2. The standard InChI is InChI=1S/C14H22N2O3S/c1-10-4-5-12(15)11(2)13(10)20(17,18)16-14(3)6-8-19-9-7-14/h4-5,16H,6-9,15H2,1-3H3. The van der Waals surface area contributed by atoms with E-state index in [1.807, 2.05) is 6.92 Å². The quantitative estimate of drug-likeness (QED) is 0.833. The number of nitrogens with two attached hydrogens (primary N) is 1. The maximum absolute atomic E-state index is 12.7. The van der Waals surface area contributed by atoms with Gasteiger partial charge in [0.1, 0.15) is 0 Å². The van der Waals surface area contributed by atoms with E-state index in [4.69, 9.17) is 10.5 Å². The van der Waals surface area contributed by atoms with Crippen LogP contribution in [0.4, 0.5) is 5.69 Å². The molecule has 6 heteroatoms. The molecular formula is C14H22N2O3S. The van der Waals surface area contributed by atoms with Crippen LogP contribution in [0.5, 0.6) is 0 Å². The molecule has 3 N–H and O–H groups in total. The second kappa shape index (κ2) is 5.35. The van der Waals surface area contributed by atoms with Crippen molar-refractivity contribution in [3.63, 3.8) is 0 Å². The highest BCUT2D eigenvalue weighted by atomic mass is 32.2. The van der Waals surface area contributed by atoms with Gasteiger partial charge in [0.2, 0.25) is 10.0 Å². The van der Waals surface area contributed by atoms with Gasteiger partial charge in [0.15, 0.2) is 0 Å². The Morgan fingerprint density at radius 1 is 1.25 bits per heavy atom. The molecule has 1 aliphatic heterocycles. The van der Waals surface area contributed by atoms with Crippen LogP contribution in [0.25, 0.3) is 0 Å². The summed E-state index contributed by atoms with van der Waals surface area (Å²) in [5, 5.41) is 0. The largest absolute Gasteiger partial charge is 0.398 e. The van der Waals surface area contributed by atoms with Gasteiger partial charge in [0.05, 0.1) is 4.90 Å². The molecule has 0 bridgehead atoms. The Bertz CT molecular complexity index is 605. The molecule has 0 aliphatic carbocycles. The number of benzene rings is 1. The summed E-state index contributed by atoms with van der Waals surface area (Å²) in [4.78, 5) is 0.296. The Morgan fingerprint density at radius 2 is 1.85 bits per heavy atom. The smallest absolute Gasteiger partial charge is 0.241 e. The Labute approximate surface area is 120 Å². The molecule has 0 aromatic heterocycles. The molecule has 5 nitrogen and oxygen atoms in total. The Balaban J connectivity index is 2.38. The summed E-state index contributed by atoms with van der Waals surface area (Å²) in [5.74, 6) is 0. The lowest BCUT2D eigenvalue weighted by atomic mass is 9.94. The fraction of sp³-hybridized carbons (Fsp3) is 0.571. The van der Waals surface area contributed by atoms with Crippen molar-refractivity contribution in [1.29, 1.82) is 0 Å². The number of aryl methyl sites for hydroxylation is 1. The first-order chi connectivity index (χ1) is 9.25. The Hall–Kier alpha value is -1.11. The van der Waals surface area contributed by atoms with Crippen LogP contribution in [0.1, 0.15) is 30.9 Å². The van der Waals surface area contributed by atoms with Crippen molar-refractivity contribution in [1.82, 2.24) is 4.72 Å². The van der Waals surface area contributed by atoms with E-state index in [0.717, 1.165) is 0 Å². The number of anilines is 1. The highest BCUT2D eigenvalue weighted by molar-refractivity contribution is 7.89. The average Bonchev–Trinajstić information content (AvgIpc) is 2.33. The average molecular weight is 298 g/mol. The van der Waals surface area contributed by atoms with E-state index in [9.17, 15) is 8.42 Å². The molecule has 1 fully saturated rings. The number of rotatable bonds is 3. The molecule has 1 aliphatic rings. The molecule has 112 valence electrons. The summed E-state index contributed by atoms with van der Waals surface area (Å²) in [6.45, 7) is 6.60. The lowest BCUT2D eigenvalue weighted by Crippen LogP contribution is -2.49. The van der Waals surface area contributed by atoms with Crippen LogP contribution in [0.3, 0.4) is 0 Å². The molecule has 1 aromatic rings. The normalized spacial score (nSPS) is 18.9. The van der Waals surface area contributed by atoms with Crippen molar-refractivity contribution < 1.29 is 13.2 Å². The van der Waals surface area contributed by atoms with Gasteiger partial charge in [-0.25, -0.2) is 13.1 Å². The fourth-order valence-corrected chi connectivity index (χ4v) is 4.52. The highest BCUT2D eigenvalue weighted by Crippen LogP contribution is 2.28. The summed E-state index contributed by atoms with van der Waals surface area (Å²) in [7, 11) is -3.59. The maximum Gasteiger partial charge on any atom is 0.241 e. The summed E-state index contributed by atoms with van der Waals surface area (Å²) in [6, 6.07) is 3.48. The molecule has 0 amide bonds. The maximum atomic E-state index is 12.7. The van der Waals surface area contributed by atoms with Crippen LogP contribution in [0, 0.1) is 13.8 Å². The molecule has 1 aromatic carbocycles. The molecule has 1 heterocycles. The predicted molar refractivity (Wildman–Crippen MR) is 79.1 cm³/mol. The van der Waals surface area contributed by atoms with E-state index < -0.39 is 15.6 Å². The Kier molecular flexibility index (Phi) is 4.09. The van der Waals surface area contributed by atoms with E-state index in [1.54, 1.807) is 26.0 Å². The minimum absolute atomic E-state index is 0.296. The van der Waals surface area contributed by atoms with Crippen molar-refractivity contribution in [3.8, 4) is 0 Å². The van der Waals surface area contributed by atoms with E-state index in [2.05, 4.69) is 4.72 Å². The van der Waals surface area contributed by atoms with E-state index in [-0.39, 0.29) is 0 Å². The lowest BCUT2D eigenvalue weighted by molar-refractivity contribution is 0.0537. The molecule has 0 radical (unpaired) electrons. The second-order valence-corrected chi connectivity index (χ2v) is 7.32. The third-order valence-corrected chi connectivity index (χ3v) is 5.82. The number of hydrogen-bond donors (Lipinski definition) is 2. The topological polar surface area (TPSA) is 81.4 Å². The van der Waals surface area contributed by atoms with Crippen molar-refractivity contribution in [2.24, 2.45) is 0 Å². The summed E-state index contributed by atoms with van der Waals surface area (Å²) < 4.78 is 33.5. The molecule has 2 rings (SSSR count). The Morgan fingerprint density at radius 3 is 2.45 bits per heavy atom. The molecular weight excluding hydrogens is 276 g/mol. The lowest BCUT2D eigenvalue weighted by Gasteiger charge is -2.34. The van der Waals surface area contributed by atoms with Crippen LogP contribution >= 0.6 is 0 Å². The summed E-state index contributed by atoms with van der Waals surface area (Å²) >= 11 is 0. The van der Waals surface area contributed by atoms with Gasteiger partial charge >= 0.3 is 0 Å². The fourth-order valence-electron chi connectivity index (χ4n) is 2.56. The minimum atomic E-state index is -3.59. The monoisotopic (exact) mass is 298 g/mol. The number of sulfonamides is 1. The second-order valence-electron chi connectivity index (χ2n) is 5.70. The van der Waals surface area contributed by atoms with Gasteiger partial charge in [-0.15, -0.1) is 0 Å². The molecule has 0 spiro atoms. The van der Waals surface area contributed by atoms with E-state index in [1.165, 1.54) is 0 Å². The third kappa shape index (κ3) is 2.97. The highest BCUT2D eigenvalue weighted by Gasteiger charge is 2.34. The van der Waals surface area contributed by atoms with Crippen molar-refractivity contribution in [2.75, 3.05) is 18.9 Å². The first kappa shape index (κ1) is 15.3. The zero-order chi connectivity index (χ0) is 15.0. The van der Waals surface area contributed by atoms with Gasteiger partial charge in [0.25, 0.3) is 0 Å². The summed E-state index contributed by atoms with van der Waals surface area (Å²) in [5.41, 5.74) is 7.19. The number of ether oxygens (including phenoxy) is 1. The van der Waals surface area contributed by atoms with E-state index >= 15 is 0 Å². The van der Waals surface area contributed by atoms with Gasteiger partial charge in [-0.3, -0.25) is 0 Å². The number of hydrogen-bond acceptors (Lipinski definition) is 4. The van der Waals surface area contributed by atoms with Crippen molar-refractivity contribution >= 4 is 15.7 Å². The third-order valence-electron chi connectivity index (χ3n) is 3.89. The first-order valence-corrected chi connectivity index (χ1v) is 8.21. The molecule has 20 heavy (non-hydrogen) atoms. The zero-order valence-corrected chi connectivity index (χ0v) is 13.0. The van der Waals surface area contributed by atoms with Crippen LogP contribution in [0.2, 0.25) is 0 Å². The van der Waals surface area contributed by atoms with Crippen molar-refractivity contribution in [2.45, 2.75) is 44.0 Å². The van der Waals surface area contributed by atoms with Crippen LogP contribution < -0.4 is 10.5 Å². The molecule has 0 atom stereocenters. The van der Waals surface area contributed by atoms with Gasteiger partial charge in [0, 0.05) is 24.4 Å². The van der Waals surface area contributed by atoms with Crippen LogP contribution in [-0.4, -0.2) is 27.2 Å². The number of nitrogen functional groups attached to an aromatic ring is 1. The first-order valence-electron chi connectivity index (χ1n) is 6.73. The number of nitrogens with one attached hydrogen (secondary N) is 1. The SMILES string of the molecule is Cc1ccc(N)c(C)c1S(=O)(=O)NC1(C)CCOCC1. The minimum Gasteiger partial charge on any atom is -0.398 e. The van der Waals surface area contributed by atoms with Gasteiger partial charge in [-0.2, -0.15) is 0 Å². The molecule has 0 saturated carbocycles. The van der Waals surface area contributed by atoms with Gasteiger partial charge < -0.3 is 10.5 Å². The van der Waals surface area contributed by atoms with Crippen LogP contribution in [0.15, 0.2) is 17.0 Å². The summed E-state index contributed by atoms with van der Waals surface area (Å²) in [6.07, 6.45) is 1.35.